The lowest BCUT2D eigenvalue weighted by Crippen LogP contribution is -2.24. The zero-order valence-electron chi connectivity index (χ0n) is 12.8. The summed E-state index contributed by atoms with van der Waals surface area (Å²) in [6, 6.07) is 18.6. The first-order chi connectivity index (χ1) is 11.3. The second-order valence-electron chi connectivity index (χ2n) is 6.10. The van der Waals surface area contributed by atoms with Gasteiger partial charge < -0.3 is 5.32 Å². The van der Waals surface area contributed by atoms with Gasteiger partial charge in [0.15, 0.2) is 0 Å². The SMILES string of the molecule is O=C(NCc1cccnc1)[C@@H]1C[C@@H]1c1cccc2ccccc12. The molecule has 1 saturated carbocycles. The molecule has 0 unspecified atom stereocenters. The number of pyridine rings is 1. The van der Waals surface area contributed by atoms with Gasteiger partial charge in [-0.25, -0.2) is 0 Å². The van der Waals surface area contributed by atoms with Crippen LogP contribution in [0, 0.1) is 5.92 Å². The summed E-state index contributed by atoms with van der Waals surface area (Å²) < 4.78 is 0. The van der Waals surface area contributed by atoms with Crippen LogP contribution in [-0.4, -0.2) is 10.9 Å². The van der Waals surface area contributed by atoms with Crippen molar-refractivity contribution in [1.82, 2.24) is 10.3 Å². The summed E-state index contributed by atoms with van der Waals surface area (Å²) in [7, 11) is 0. The minimum atomic E-state index is 0.0949. The van der Waals surface area contributed by atoms with Crippen molar-refractivity contribution in [2.75, 3.05) is 0 Å². The number of amides is 1. The summed E-state index contributed by atoms with van der Waals surface area (Å²) in [4.78, 5) is 16.4. The molecule has 23 heavy (non-hydrogen) atoms. The first kappa shape index (κ1) is 13.9. The lowest BCUT2D eigenvalue weighted by atomic mass is 10.00. The minimum Gasteiger partial charge on any atom is -0.352 e. The van der Waals surface area contributed by atoms with Gasteiger partial charge in [0.1, 0.15) is 0 Å². The highest BCUT2D eigenvalue weighted by atomic mass is 16.2. The van der Waals surface area contributed by atoms with Gasteiger partial charge in [0, 0.05) is 24.9 Å². The molecule has 1 amide bonds. The average Bonchev–Trinajstić information content (AvgIpc) is 3.41. The summed E-state index contributed by atoms with van der Waals surface area (Å²) in [6.45, 7) is 0.547. The second kappa shape index (κ2) is 5.84. The first-order valence-corrected chi connectivity index (χ1v) is 7.97. The standard InChI is InChI=1S/C20H18N2O/c23-20(22-13-14-5-4-10-21-12-14)19-11-18(19)17-9-3-7-15-6-1-2-8-16(15)17/h1-10,12,18-19H,11,13H2,(H,22,23)/t18-,19-/m1/s1. The summed E-state index contributed by atoms with van der Waals surface area (Å²) in [5.74, 6) is 0.583. The molecule has 1 fully saturated rings. The number of rotatable bonds is 4. The molecule has 0 aliphatic heterocycles. The maximum atomic E-state index is 12.4. The highest BCUT2D eigenvalue weighted by Crippen LogP contribution is 2.49. The quantitative estimate of drug-likeness (QED) is 0.799. The first-order valence-electron chi connectivity index (χ1n) is 7.97. The van der Waals surface area contributed by atoms with Crippen LogP contribution in [0.1, 0.15) is 23.5 Å². The van der Waals surface area contributed by atoms with E-state index in [0.717, 1.165) is 12.0 Å². The molecule has 0 spiro atoms. The van der Waals surface area contributed by atoms with Gasteiger partial charge in [-0.15, -0.1) is 0 Å². The Kier molecular flexibility index (Phi) is 3.54. The number of nitrogens with zero attached hydrogens (tertiary/aromatic N) is 1. The molecule has 4 rings (SSSR count). The number of nitrogens with one attached hydrogen (secondary N) is 1. The van der Waals surface area contributed by atoms with Gasteiger partial charge in [-0.05, 0) is 40.3 Å². The van der Waals surface area contributed by atoms with Gasteiger partial charge >= 0.3 is 0 Å². The van der Waals surface area contributed by atoms with Gasteiger partial charge in [-0.1, -0.05) is 48.5 Å². The Bertz CT molecular complexity index is 839. The summed E-state index contributed by atoms with van der Waals surface area (Å²) >= 11 is 0. The molecule has 0 bridgehead atoms. The van der Waals surface area contributed by atoms with E-state index in [-0.39, 0.29) is 11.8 Å². The highest BCUT2D eigenvalue weighted by Gasteiger charge is 2.44. The van der Waals surface area contributed by atoms with Crippen molar-refractivity contribution in [2.24, 2.45) is 5.92 Å². The number of carbonyl (C=O) groups is 1. The van der Waals surface area contributed by atoms with E-state index in [9.17, 15) is 4.79 Å². The molecule has 0 saturated heterocycles. The fourth-order valence-electron chi connectivity index (χ4n) is 3.23. The predicted molar refractivity (Wildman–Crippen MR) is 90.9 cm³/mol. The van der Waals surface area contributed by atoms with Crippen molar-refractivity contribution in [2.45, 2.75) is 18.9 Å². The van der Waals surface area contributed by atoms with E-state index >= 15 is 0 Å². The molecule has 1 aromatic heterocycles. The van der Waals surface area contributed by atoms with E-state index in [1.807, 2.05) is 12.1 Å². The number of aromatic nitrogens is 1. The molecule has 114 valence electrons. The van der Waals surface area contributed by atoms with Crippen LogP contribution >= 0.6 is 0 Å². The molecule has 1 aliphatic carbocycles. The molecule has 3 nitrogen and oxygen atoms in total. The van der Waals surface area contributed by atoms with E-state index in [1.54, 1.807) is 12.4 Å². The van der Waals surface area contributed by atoms with E-state index in [0.29, 0.717) is 12.5 Å². The molecule has 2 atom stereocenters. The van der Waals surface area contributed by atoms with E-state index in [2.05, 4.69) is 52.8 Å². The Morgan fingerprint density at radius 1 is 1.09 bits per heavy atom. The van der Waals surface area contributed by atoms with Crippen molar-refractivity contribution in [3.05, 3.63) is 78.1 Å². The van der Waals surface area contributed by atoms with Crippen LogP contribution in [0.2, 0.25) is 0 Å². The lowest BCUT2D eigenvalue weighted by Gasteiger charge is -2.07. The summed E-state index contributed by atoms with van der Waals surface area (Å²) in [6.07, 6.45) is 4.46. The molecular formula is C20H18N2O. The summed E-state index contributed by atoms with van der Waals surface area (Å²) in [5, 5.41) is 5.54. The molecule has 3 heteroatoms. The third-order valence-corrected chi connectivity index (χ3v) is 4.54. The van der Waals surface area contributed by atoms with Crippen molar-refractivity contribution in [1.29, 1.82) is 0 Å². The molecular weight excluding hydrogens is 284 g/mol. The van der Waals surface area contributed by atoms with Gasteiger partial charge in [-0.2, -0.15) is 0 Å². The van der Waals surface area contributed by atoms with Crippen LogP contribution < -0.4 is 5.32 Å². The van der Waals surface area contributed by atoms with Gasteiger partial charge in [0.2, 0.25) is 5.91 Å². The van der Waals surface area contributed by atoms with Gasteiger partial charge in [0.05, 0.1) is 0 Å². The third kappa shape index (κ3) is 2.82. The number of benzene rings is 2. The Hall–Kier alpha value is -2.68. The Morgan fingerprint density at radius 2 is 1.96 bits per heavy atom. The summed E-state index contributed by atoms with van der Waals surface area (Å²) in [5.41, 5.74) is 2.33. The smallest absolute Gasteiger partial charge is 0.224 e. The molecule has 2 aromatic carbocycles. The fourth-order valence-corrected chi connectivity index (χ4v) is 3.23. The lowest BCUT2D eigenvalue weighted by molar-refractivity contribution is -0.122. The molecule has 1 aliphatic rings. The zero-order valence-corrected chi connectivity index (χ0v) is 12.8. The zero-order chi connectivity index (χ0) is 15.6. The Morgan fingerprint density at radius 3 is 2.83 bits per heavy atom. The van der Waals surface area contributed by atoms with Crippen LogP contribution in [0.15, 0.2) is 67.0 Å². The number of carbonyl (C=O) groups excluding carboxylic acids is 1. The number of fused-ring (bicyclic) bond motifs is 1. The molecule has 1 heterocycles. The van der Waals surface area contributed by atoms with E-state index in [4.69, 9.17) is 0 Å². The predicted octanol–water partition coefficient (Wildman–Crippen LogP) is 3.65. The normalized spacial score (nSPS) is 19.5. The van der Waals surface area contributed by atoms with Crippen molar-refractivity contribution in [3.63, 3.8) is 0 Å². The Balaban J connectivity index is 1.46. The fraction of sp³-hybridized carbons (Fsp3) is 0.200. The third-order valence-electron chi connectivity index (χ3n) is 4.54. The maximum absolute atomic E-state index is 12.4. The van der Waals surface area contributed by atoms with Crippen molar-refractivity contribution < 1.29 is 4.79 Å². The molecule has 3 aromatic rings. The van der Waals surface area contributed by atoms with Crippen LogP contribution in [0.5, 0.6) is 0 Å². The average molecular weight is 302 g/mol. The monoisotopic (exact) mass is 302 g/mol. The van der Waals surface area contributed by atoms with Crippen molar-refractivity contribution in [3.8, 4) is 0 Å². The number of hydrogen-bond donors (Lipinski definition) is 1. The van der Waals surface area contributed by atoms with E-state index < -0.39 is 0 Å². The van der Waals surface area contributed by atoms with Crippen LogP contribution in [-0.2, 0) is 11.3 Å². The van der Waals surface area contributed by atoms with Gasteiger partial charge in [-0.3, -0.25) is 9.78 Å². The van der Waals surface area contributed by atoms with Crippen molar-refractivity contribution >= 4 is 16.7 Å². The van der Waals surface area contributed by atoms with E-state index in [1.165, 1.54) is 16.3 Å². The highest BCUT2D eigenvalue weighted by molar-refractivity contribution is 5.89. The minimum absolute atomic E-state index is 0.0949. The largest absolute Gasteiger partial charge is 0.352 e. The van der Waals surface area contributed by atoms with Crippen LogP contribution in [0.4, 0.5) is 0 Å². The molecule has 0 radical (unpaired) electrons. The second-order valence-corrected chi connectivity index (χ2v) is 6.10. The molecule has 1 N–H and O–H groups in total. The van der Waals surface area contributed by atoms with Crippen LogP contribution in [0.3, 0.4) is 0 Å². The van der Waals surface area contributed by atoms with Gasteiger partial charge in [0.25, 0.3) is 0 Å². The number of hydrogen-bond acceptors (Lipinski definition) is 2. The van der Waals surface area contributed by atoms with Crippen LogP contribution in [0.25, 0.3) is 10.8 Å². The topological polar surface area (TPSA) is 42.0 Å². The Labute approximate surface area is 135 Å². The maximum Gasteiger partial charge on any atom is 0.224 e.